The quantitative estimate of drug-likeness (QED) is 0.711. The lowest BCUT2D eigenvalue weighted by atomic mass is 9.58. The van der Waals surface area contributed by atoms with Gasteiger partial charge >= 0.3 is 0 Å². The van der Waals surface area contributed by atoms with E-state index >= 15 is 0 Å². The highest BCUT2D eigenvalue weighted by molar-refractivity contribution is 14.1. The summed E-state index contributed by atoms with van der Waals surface area (Å²) in [5.41, 5.74) is 1.55. The van der Waals surface area contributed by atoms with E-state index in [4.69, 9.17) is 0 Å². The Labute approximate surface area is 131 Å². The van der Waals surface area contributed by atoms with E-state index in [2.05, 4.69) is 49.6 Å². The van der Waals surface area contributed by atoms with E-state index in [1.54, 1.807) is 6.33 Å². The van der Waals surface area contributed by atoms with Crippen LogP contribution in [0.2, 0.25) is 0 Å². The molecular formula is C14H18IN5. The Morgan fingerprint density at radius 2 is 2.05 bits per heavy atom. The summed E-state index contributed by atoms with van der Waals surface area (Å²) in [7, 11) is 0. The van der Waals surface area contributed by atoms with Gasteiger partial charge in [0.05, 0.1) is 3.57 Å². The van der Waals surface area contributed by atoms with Gasteiger partial charge in [0.2, 0.25) is 5.95 Å². The number of halogens is 1. The lowest BCUT2D eigenvalue weighted by Crippen LogP contribution is -2.47. The molecule has 0 amide bonds. The van der Waals surface area contributed by atoms with E-state index in [0.29, 0.717) is 5.41 Å². The second-order valence-electron chi connectivity index (χ2n) is 6.43. The van der Waals surface area contributed by atoms with Gasteiger partial charge in [-0.25, -0.2) is 4.98 Å². The van der Waals surface area contributed by atoms with Gasteiger partial charge in [-0.2, -0.15) is 0 Å². The number of rotatable bonds is 1. The number of hydrogen-bond donors (Lipinski definition) is 0. The molecule has 0 aromatic carbocycles. The molecule has 2 aromatic rings. The van der Waals surface area contributed by atoms with Crippen LogP contribution < -0.4 is 4.90 Å². The summed E-state index contributed by atoms with van der Waals surface area (Å²) < 4.78 is 3.06. The Bertz CT molecular complexity index is 636. The first-order valence-corrected chi connectivity index (χ1v) is 8.34. The fourth-order valence-corrected chi connectivity index (χ4v) is 4.53. The van der Waals surface area contributed by atoms with Crippen LogP contribution in [0.3, 0.4) is 0 Å². The molecule has 0 atom stereocenters. The molecule has 1 aliphatic heterocycles. The minimum atomic E-state index is 0.644. The second-order valence-corrected chi connectivity index (χ2v) is 7.59. The van der Waals surface area contributed by atoms with Gasteiger partial charge in [-0.3, -0.25) is 4.40 Å². The van der Waals surface area contributed by atoms with Crippen LogP contribution in [0.5, 0.6) is 0 Å². The summed E-state index contributed by atoms with van der Waals surface area (Å²) in [6.07, 6.45) is 9.11. The lowest BCUT2D eigenvalue weighted by molar-refractivity contribution is 0.0378. The van der Waals surface area contributed by atoms with E-state index in [0.717, 1.165) is 34.2 Å². The van der Waals surface area contributed by atoms with Gasteiger partial charge in [0.1, 0.15) is 6.33 Å². The molecule has 0 N–H and O–H groups in total. The van der Waals surface area contributed by atoms with Crippen molar-refractivity contribution in [1.29, 1.82) is 0 Å². The van der Waals surface area contributed by atoms with Crippen molar-refractivity contribution < 1.29 is 0 Å². The molecule has 1 spiro atoms. The van der Waals surface area contributed by atoms with Crippen molar-refractivity contribution in [1.82, 2.24) is 19.6 Å². The summed E-state index contributed by atoms with van der Waals surface area (Å²) >= 11 is 2.26. The Hall–Kier alpha value is -0.920. The van der Waals surface area contributed by atoms with Gasteiger partial charge in [-0.15, -0.1) is 10.2 Å². The van der Waals surface area contributed by atoms with Gasteiger partial charge in [-0.1, -0.05) is 6.92 Å². The highest BCUT2D eigenvalue weighted by atomic mass is 127. The van der Waals surface area contributed by atoms with Crippen molar-refractivity contribution in [3.63, 3.8) is 0 Å². The van der Waals surface area contributed by atoms with Crippen molar-refractivity contribution in [2.24, 2.45) is 11.3 Å². The molecule has 2 aliphatic rings. The Kier molecular flexibility index (Phi) is 2.90. The van der Waals surface area contributed by atoms with Crippen LogP contribution in [0, 0.1) is 14.9 Å². The van der Waals surface area contributed by atoms with Crippen LogP contribution in [0.4, 0.5) is 5.95 Å². The van der Waals surface area contributed by atoms with E-state index in [1.807, 2.05) is 10.6 Å². The third-order valence-corrected chi connectivity index (χ3v) is 5.70. The molecule has 4 rings (SSSR count). The first-order valence-electron chi connectivity index (χ1n) is 7.26. The topological polar surface area (TPSA) is 46.3 Å². The predicted octanol–water partition coefficient (Wildman–Crippen LogP) is 2.75. The third kappa shape index (κ3) is 1.91. The summed E-state index contributed by atoms with van der Waals surface area (Å²) in [5, 5.41) is 8.20. The van der Waals surface area contributed by atoms with Gasteiger partial charge < -0.3 is 4.90 Å². The van der Waals surface area contributed by atoms with Crippen molar-refractivity contribution in [2.45, 2.75) is 32.6 Å². The maximum atomic E-state index is 4.61. The molecule has 0 radical (unpaired) electrons. The van der Waals surface area contributed by atoms with Gasteiger partial charge in [-0.05, 0) is 59.6 Å². The molecule has 106 valence electrons. The first-order chi connectivity index (χ1) is 9.67. The van der Waals surface area contributed by atoms with Gasteiger partial charge in [0, 0.05) is 19.3 Å². The summed E-state index contributed by atoms with van der Waals surface area (Å²) in [6.45, 7) is 4.58. The Morgan fingerprint density at radius 3 is 2.75 bits per heavy atom. The summed E-state index contributed by atoms with van der Waals surface area (Å²) in [4.78, 5) is 7.00. The molecule has 20 heavy (non-hydrogen) atoms. The van der Waals surface area contributed by atoms with E-state index in [1.165, 1.54) is 25.7 Å². The van der Waals surface area contributed by atoms with Crippen molar-refractivity contribution in [3.8, 4) is 0 Å². The zero-order valence-corrected chi connectivity index (χ0v) is 13.7. The number of hydrogen-bond acceptors (Lipinski definition) is 4. The number of fused-ring (bicyclic) bond motifs is 1. The molecule has 0 unspecified atom stereocenters. The first kappa shape index (κ1) is 12.8. The average Bonchev–Trinajstić information content (AvgIpc) is 2.89. The second kappa shape index (κ2) is 4.54. The van der Waals surface area contributed by atoms with Crippen LogP contribution in [-0.4, -0.2) is 32.7 Å². The van der Waals surface area contributed by atoms with Crippen molar-refractivity contribution >= 4 is 34.2 Å². The molecule has 1 saturated heterocycles. The molecule has 6 heteroatoms. The van der Waals surface area contributed by atoms with Crippen LogP contribution in [0.1, 0.15) is 32.6 Å². The van der Waals surface area contributed by atoms with Crippen LogP contribution in [0.25, 0.3) is 5.65 Å². The zero-order chi connectivity index (χ0) is 13.7. The molecule has 2 fully saturated rings. The van der Waals surface area contributed by atoms with Crippen LogP contribution in [-0.2, 0) is 0 Å². The number of anilines is 1. The Balaban J connectivity index is 1.59. The number of aromatic nitrogens is 4. The molecule has 1 saturated carbocycles. The highest BCUT2D eigenvalue weighted by Crippen LogP contribution is 2.52. The normalized spacial score (nSPS) is 22.4. The molecule has 2 aromatic heterocycles. The third-order valence-electron chi connectivity index (χ3n) is 4.94. The van der Waals surface area contributed by atoms with E-state index < -0.39 is 0 Å². The minimum Gasteiger partial charge on any atom is -0.342 e. The SMILES string of the molecule is CC1CC2(CCN(c3ncc(I)c4nncn34)CC2)C1. The monoisotopic (exact) mass is 383 g/mol. The van der Waals surface area contributed by atoms with E-state index in [-0.39, 0.29) is 0 Å². The molecular weight excluding hydrogens is 365 g/mol. The molecule has 5 nitrogen and oxygen atoms in total. The average molecular weight is 383 g/mol. The zero-order valence-electron chi connectivity index (χ0n) is 11.6. The van der Waals surface area contributed by atoms with Gasteiger partial charge in [0.25, 0.3) is 0 Å². The minimum absolute atomic E-state index is 0.644. The van der Waals surface area contributed by atoms with Crippen molar-refractivity contribution in [2.75, 3.05) is 18.0 Å². The smallest absolute Gasteiger partial charge is 0.212 e. The van der Waals surface area contributed by atoms with Crippen LogP contribution in [0.15, 0.2) is 12.5 Å². The van der Waals surface area contributed by atoms with Crippen LogP contribution >= 0.6 is 22.6 Å². The fourth-order valence-electron chi connectivity index (χ4n) is 4.02. The van der Waals surface area contributed by atoms with E-state index in [9.17, 15) is 0 Å². The summed E-state index contributed by atoms with van der Waals surface area (Å²) in [5.74, 6) is 1.93. The standard InChI is InChI=1S/C14H18IN5/c1-10-6-14(7-10)2-4-19(5-3-14)13-16-8-11(15)12-18-17-9-20(12)13/h8-10H,2-7H2,1H3. The largest absolute Gasteiger partial charge is 0.342 e. The lowest BCUT2D eigenvalue weighted by Gasteiger charge is -2.51. The maximum absolute atomic E-state index is 4.61. The van der Waals surface area contributed by atoms with Gasteiger partial charge in [0.15, 0.2) is 5.65 Å². The molecule has 3 heterocycles. The number of piperidine rings is 1. The fraction of sp³-hybridized carbons (Fsp3) is 0.643. The maximum Gasteiger partial charge on any atom is 0.212 e. The van der Waals surface area contributed by atoms with Crippen molar-refractivity contribution in [3.05, 3.63) is 16.1 Å². The molecule has 0 bridgehead atoms. The predicted molar refractivity (Wildman–Crippen MR) is 85.8 cm³/mol. The summed E-state index contributed by atoms with van der Waals surface area (Å²) in [6, 6.07) is 0. The number of nitrogens with zero attached hydrogens (tertiary/aromatic N) is 5. The molecule has 1 aliphatic carbocycles. The Morgan fingerprint density at radius 1 is 1.30 bits per heavy atom. The highest BCUT2D eigenvalue weighted by Gasteiger charge is 2.44.